The lowest BCUT2D eigenvalue weighted by Gasteiger charge is -2.06. The van der Waals surface area contributed by atoms with Crippen molar-refractivity contribution in [1.82, 2.24) is 9.88 Å². The van der Waals surface area contributed by atoms with E-state index in [0.29, 0.717) is 17.8 Å². The molecule has 2 amide bonds. The standard InChI is InChI=1S/C13H15N3O2S/c14-11(17)4-3-6-15-13(18)12-10(5-9-19-12)16-7-1-2-8-16/h1-2,5,7-9H,3-4,6H2,(H2,14,17)(H,15,18). The summed E-state index contributed by atoms with van der Waals surface area (Å²) in [5.74, 6) is -0.471. The Morgan fingerprint density at radius 3 is 2.74 bits per heavy atom. The minimum atomic E-state index is -0.349. The van der Waals surface area contributed by atoms with E-state index in [1.54, 1.807) is 0 Å². The Hall–Kier alpha value is -2.08. The topological polar surface area (TPSA) is 77.1 Å². The number of amides is 2. The van der Waals surface area contributed by atoms with Crippen molar-refractivity contribution in [2.45, 2.75) is 12.8 Å². The number of carbonyl (C=O) groups is 2. The van der Waals surface area contributed by atoms with Crippen LogP contribution in [0.5, 0.6) is 0 Å². The van der Waals surface area contributed by atoms with Crippen molar-refractivity contribution < 1.29 is 9.59 Å². The third-order valence-electron chi connectivity index (χ3n) is 2.62. The van der Waals surface area contributed by atoms with Gasteiger partial charge in [0.2, 0.25) is 5.91 Å². The van der Waals surface area contributed by atoms with Gasteiger partial charge in [-0.2, -0.15) is 0 Å². The smallest absolute Gasteiger partial charge is 0.263 e. The maximum atomic E-state index is 12.0. The maximum Gasteiger partial charge on any atom is 0.263 e. The molecule has 0 bridgehead atoms. The van der Waals surface area contributed by atoms with Crippen LogP contribution < -0.4 is 11.1 Å². The molecule has 3 N–H and O–H groups in total. The fourth-order valence-corrected chi connectivity index (χ4v) is 2.52. The molecular formula is C13H15N3O2S. The number of nitrogens with two attached hydrogens (primary N) is 1. The first-order valence-electron chi connectivity index (χ1n) is 5.96. The zero-order chi connectivity index (χ0) is 13.7. The Morgan fingerprint density at radius 1 is 1.32 bits per heavy atom. The van der Waals surface area contributed by atoms with Crippen LogP contribution in [0.25, 0.3) is 5.69 Å². The predicted molar refractivity (Wildman–Crippen MR) is 74.4 cm³/mol. The van der Waals surface area contributed by atoms with E-state index in [0.717, 1.165) is 5.69 Å². The number of carbonyl (C=O) groups excluding carboxylic acids is 2. The number of nitrogens with zero attached hydrogens (tertiary/aromatic N) is 1. The highest BCUT2D eigenvalue weighted by atomic mass is 32.1. The van der Waals surface area contributed by atoms with Crippen LogP contribution in [0.3, 0.4) is 0 Å². The van der Waals surface area contributed by atoms with Crippen LogP contribution in [0.1, 0.15) is 22.5 Å². The van der Waals surface area contributed by atoms with Gasteiger partial charge in [-0.15, -0.1) is 11.3 Å². The van der Waals surface area contributed by atoms with E-state index in [-0.39, 0.29) is 18.2 Å². The van der Waals surface area contributed by atoms with Gasteiger partial charge in [-0.25, -0.2) is 0 Å². The highest BCUT2D eigenvalue weighted by Crippen LogP contribution is 2.21. The Bertz CT molecular complexity index is 560. The summed E-state index contributed by atoms with van der Waals surface area (Å²) >= 11 is 1.40. The first-order valence-corrected chi connectivity index (χ1v) is 6.84. The molecule has 6 heteroatoms. The van der Waals surface area contributed by atoms with Crippen LogP contribution in [-0.4, -0.2) is 22.9 Å². The van der Waals surface area contributed by atoms with Gasteiger partial charge in [-0.05, 0) is 30.0 Å². The van der Waals surface area contributed by atoms with Crippen molar-refractivity contribution in [2.75, 3.05) is 6.54 Å². The molecule has 2 aromatic heterocycles. The lowest BCUT2D eigenvalue weighted by molar-refractivity contribution is -0.118. The van der Waals surface area contributed by atoms with Crippen molar-refractivity contribution in [2.24, 2.45) is 5.73 Å². The van der Waals surface area contributed by atoms with E-state index in [1.807, 2.05) is 40.5 Å². The molecule has 100 valence electrons. The van der Waals surface area contributed by atoms with E-state index >= 15 is 0 Å². The minimum absolute atomic E-state index is 0.122. The molecule has 0 aromatic carbocycles. The fraction of sp³-hybridized carbons (Fsp3) is 0.231. The van der Waals surface area contributed by atoms with Crippen LogP contribution in [0.15, 0.2) is 36.0 Å². The van der Waals surface area contributed by atoms with Crippen molar-refractivity contribution in [3.05, 3.63) is 40.8 Å². The normalized spacial score (nSPS) is 10.3. The molecule has 19 heavy (non-hydrogen) atoms. The Balaban J connectivity index is 1.97. The predicted octanol–water partition coefficient (Wildman–Crippen LogP) is 1.53. The molecule has 2 rings (SSSR count). The molecule has 0 aliphatic rings. The molecule has 0 fully saturated rings. The van der Waals surface area contributed by atoms with E-state index in [4.69, 9.17) is 5.73 Å². The monoisotopic (exact) mass is 277 g/mol. The average molecular weight is 277 g/mol. The zero-order valence-electron chi connectivity index (χ0n) is 10.3. The minimum Gasteiger partial charge on any atom is -0.370 e. The van der Waals surface area contributed by atoms with Gasteiger partial charge in [-0.1, -0.05) is 0 Å². The van der Waals surface area contributed by atoms with Gasteiger partial charge in [0.15, 0.2) is 0 Å². The molecule has 2 heterocycles. The second kappa shape index (κ2) is 6.19. The van der Waals surface area contributed by atoms with Gasteiger partial charge in [-0.3, -0.25) is 9.59 Å². The molecule has 0 atom stereocenters. The molecule has 0 aliphatic carbocycles. The van der Waals surface area contributed by atoms with Crippen molar-refractivity contribution in [1.29, 1.82) is 0 Å². The molecular weight excluding hydrogens is 262 g/mol. The van der Waals surface area contributed by atoms with Gasteiger partial charge >= 0.3 is 0 Å². The first kappa shape index (κ1) is 13.4. The van der Waals surface area contributed by atoms with Crippen LogP contribution in [0.2, 0.25) is 0 Å². The Kier molecular flexibility index (Phi) is 4.35. The van der Waals surface area contributed by atoms with E-state index in [1.165, 1.54) is 11.3 Å². The average Bonchev–Trinajstić information content (AvgIpc) is 3.02. The fourth-order valence-electron chi connectivity index (χ4n) is 1.72. The Morgan fingerprint density at radius 2 is 2.05 bits per heavy atom. The summed E-state index contributed by atoms with van der Waals surface area (Å²) in [5, 5.41) is 4.68. The summed E-state index contributed by atoms with van der Waals surface area (Å²) in [5.41, 5.74) is 5.90. The van der Waals surface area contributed by atoms with Crippen LogP contribution >= 0.6 is 11.3 Å². The van der Waals surface area contributed by atoms with E-state index < -0.39 is 0 Å². The van der Waals surface area contributed by atoms with Gasteiger partial charge < -0.3 is 15.6 Å². The number of hydrogen-bond donors (Lipinski definition) is 2. The number of thiophene rings is 1. The first-order chi connectivity index (χ1) is 9.18. The van der Waals surface area contributed by atoms with Gasteiger partial charge in [0.1, 0.15) is 4.88 Å². The molecule has 0 saturated carbocycles. The van der Waals surface area contributed by atoms with Crippen LogP contribution in [0, 0.1) is 0 Å². The highest BCUT2D eigenvalue weighted by molar-refractivity contribution is 7.12. The molecule has 0 spiro atoms. The summed E-state index contributed by atoms with van der Waals surface area (Å²) in [7, 11) is 0. The van der Waals surface area contributed by atoms with Crippen molar-refractivity contribution in [3.63, 3.8) is 0 Å². The largest absolute Gasteiger partial charge is 0.370 e. The molecule has 5 nitrogen and oxygen atoms in total. The SMILES string of the molecule is NC(=O)CCCNC(=O)c1sccc1-n1cccc1. The lowest BCUT2D eigenvalue weighted by atomic mass is 10.3. The van der Waals surface area contributed by atoms with Gasteiger partial charge in [0.25, 0.3) is 5.91 Å². The number of rotatable bonds is 6. The van der Waals surface area contributed by atoms with Gasteiger partial charge in [0.05, 0.1) is 5.69 Å². The second-order valence-corrected chi connectivity index (χ2v) is 4.97. The molecule has 0 radical (unpaired) electrons. The van der Waals surface area contributed by atoms with Crippen LogP contribution in [-0.2, 0) is 4.79 Å². The summed E-state index contributed by atoms with van der Waals surface area (Å²) in [4.78, 5) is 23.3. The zero-order valence-corrected chi connectivity index (χ0v) is 11.2. The van der Waals surface area contributed by atoms with Crippen molar-refractivity contribution >= 4 is 23.2 Å². The van der Waals surface area contributed by atoms with E-state index in [9.17, 15) is 9.59 Å². The number of primary amides is 1. The van der Waals surface area contributed by atoms with E-state index in [2.05, 4.69) is 5.32 Å². The molecule has 0 saturated heterocycles. The number of hydrogen-bond acceptors (Lipinski definition) is 3. The summed E-state index contributed by atoms with van der Waals surface area (Å²) in [6, 6.07) is 5.72. The summed E-state index contributed by atoms with van der Waals surface area (Å²) < 4.78 is 1.90. The van der Waals surface area contributed by atoms with Crippen molar-refractivity contribution in [3.8, 4) is 5.69 Å². The highest BCUT2D eigenvalue weighted by Gasteiger charge is 2.13. The number of nitrogens with one attached hydrogen (secondary N) is 1. The quantitative estimate of drug-likeness (QED) is 0.786. The molecule has 2 aromatic rings. The molecule has 0 aliphatic heterocycles. The van der Waals surface area contributed by atoms with Gasteiger partial charge in [0, 0.05) is 25.4 Å². The summed E-state index contributed by atoms with van der Waals surface area (Å²) in [6.45, 7) is 0.449. The maximum absolute atomic E-state index is 12.0. The second-order valence-electron chi connectivity index (χ2n) is 4.05. The third kappa shape index (κ3) is 3.45. The van der Waals surface area contributed by atoms with Crippen LogP contribution in [0.4, 0.5) is 0 Å². The lowest BCUT2D eigenvalue weighted by Crippen LogP contribution is -2.25. The third-order valence-corrected chi connectivity index (χ3v) is 3.52. The number of aromatic nitrogens is 1. The summed E-state index contributed by atoms with van der Waals surface area (Å²) in [6.07, 6.45) is 4.64. The Labute approximate surface area is 115 Å². The molecule has 0 unspecified atom stereocenters.